The van der Waals surface area contributed by atoms with Gasteiger partial charge in [-0.25, -0.2) is 17.2 Å². The second kappa shape index (κ2) is 9.86. The van der Waals surface area contributed by atoms with Gasteiger partial charge in [0.2, 0.25) is 0 Å². The molecule has 2 rings (SSSR count). The van der Waals surface area contributed by atoms with Gasteiger partial charge in [-0.2, -0.15) is 13.2 Å². The molecule has 1 amide bonds. The molecule has 2 atom stereocenters. The molecule has 0 radical (unpaired) electrons. The lowest BCUT2D eigenvalue weighted by Gasteiger charge is -2.24. The van der Waals surface area contributed by atoms with E-state index >= 15 is 0 Å². The maximum Gasteiger partial charge on any atom is 0.412 e. The molecule has 32 heavy (non-hydrogen) atoms. The van der Waals surface area contributed by atoms with Gasteiger partial charge in [-0.3, -0.25) is 4.79 Å². The van der Waals surface area contributed by atoms with Gasteiger partial charge in [-0.15, -0.1) is 0 Å². The fourth-order valence-corrected chi connectivity index (χ4v) is 3.39. The summed E-state index contributed by atoms with van der Waals surface area (Å²) >= 11 is 5.83. The average Bonchev–Trinajstić information content (AvgIpc) is 2.66. The third kappa shape index (κ3) is 6.92. The van der Waals surface area contributed by atoms with E-state index in [1.54, 1.807) is 0 Å². The quantitative estimate of drug-likeness (QED) is 0.528. The molecule has 0 aliphatic rings. The Hall–Kier alpha value is -2.66. The van der Waals surface area contributed by atoms with Crippen LogP contribution in [0.2, 0.25) is 5.02 Å². The number of hydrogen-bond donors (Lipinski definition) is 2. The molecule has 174 valence electrons. The second-order valence-electron chi connectivity index (χ2n) is 6.87. The van der Waals surface area contributed by atoms with Crippen molar-refractivity contribution < 1.29 is 35.2 Å². The van der Waals surface area contributed by atoms with Gasteiger partial charge in [0.15, 0.2) is 9.84 Å². The van der Waals surface area contributed by atoms with Crippen molar-refractivity contribution >= 4 is 33.0 Å². The number of rotatable bonds is 7. The first-order chi connectivity index (χ1) is 14.7. The highest BCUT2D eigenvalue weighted by Gasteiger charge is 2.42. The number of nitrogens with one attached hydrogen (secondary N) is 2. The summed E-state index contributed by atoms with van der Waals surface area (Å²) in [7, 11) is -3.47. The smallest absolute Gasteiger partial charge is 0.368 e. The van der Waals surface area contributed by atoms with Crippen LogP contribution in [0, 0.1) is 11.6 Å². The molecule has 0 aromatic heterocycles. The number of alkyl halides is 3. The molecular weight excluding hydrogens is 479 g/mol. The molecule has 5 nitrogen and oxygen atoms in total. The van der Waals surface area contributed by atoms with Gasteiger partial charge < -0.3 is 10.6 Å². The lowest BCUT2D eigenvalue weighted by molar-refractivity contribution is -0.144. The van der Waals surface area contributed by atoms with Crippen molar-refractivity contribution in [3.8, 4) is 0 Å². The SMILES string of the molecule is C[C@H](/C=C/S(C)(=O)=O)NC(=O)c1cc(F)c(NC(c2ccccc2Cl)C(F)(F)F)cc1F. The molecule has 2 aromatic carbocycles. The summed E-state index contributed by atoms with van der Waals surface area (Å²) in [5.74, 6) is -3.68. The number of anilines is 1. The molecule has 0 aliphatic heterocycles. The van der Waals surface area contributed by atoms with Crippen molar-refractivity contribution in [2.45, 2.75) is 25.2 Å². The van der Waals surface area contributed by atoms with Crippen LogP contribution in [-0.2, 0) is 9.84 Å². The van der Waals surface area contributed by atoms with Gasteiger partial charge in [-0.1, -0.05) is 35.9 Å². The minimum absolute atomic E-state index is 0.227. The molecule has 0 saturated heterocycles. The molecule has 0 spiro atoms. The Morgan fingerprint density at radius 1 is 1.12 bits per heavy atom. The predicted molar refractivity (Wildman–Crippen MR) is 111 cm³/mol. The maximum atomic E-state index is 14.5. The van der Waals surface area contributed by atoms with Crippen LogP contribution in [0.4, 0.5) is 27.6 Å². The summed E-state index contributed by atoms with van der Waals surface area (Å²) < 4.78 is 91.8. The van der Waals surface area contributed by atoms with Crippen molar-refractivity contribution in [1.82, 2.24) is 5.32 Å². The first-order valence-corrected chi connectivity index (χ1v) is 11.3. The van der Waals surface area contributed by atoms with Crippen LogP contribution < -0.4 is 10.6 Å². The zero-order valence-electron chi connectivity index (χ0n) is 16.7. The summed E-state index contributed by atoms with van der Waals surface area (Å²) in [6, 6.07) is 2.62. The van der Waals surface area contributed by atoms with Crippen LogP contribution in [0.3, 0.4) is 0 Å². The van der Waals surface area contributed by atoms with Gasteiger partial charge in [0.1, 0.15) is 17.7 Å². The van der Waals surface area contributed by atoms with E-state index in [2.05, 4.69) is 5.32 Å². The lowest BCUT2D eigenvalue weighted by atomic mass is 10.1. The topological polar surface area (TPSA) is 75.3 Å². The van der Waals surface area contributed by atoms with Crippen LogP contribution in [-0.4, -0.2) is 32.8 Å². The van der Waals surface area contributed by atoms with Crippen LogP contribution >= 0.6 is 11.6 Å². The van der Waals surface area contributed by atoms with E-state index in [0.717, 1.165) is 23.8 Å². The Balaban J connectivity index is 2.31. The first-order valence-electron chi connectivity index (χ1n) is 8.95. The van der Waals surface area contributed by atoms with Crippen molar-refractivity contribution in [3.63, 3.8) is 0 Å². The van der Waals surface area contributed by atoms with Gasteiger partial charge in [0.25, 0.3) is 5.91 Å². The fraction of sp³-hybridized carbons (Fsp3) is 0.250. The second-order valence-corrected chi connectivity index (χ2v) is 9.21. The van der Waals surface area contributed by atoms with Crippen molar-refractivity contribution in [2.75, 3.05) is 11.6 Å². The largest absolute Gasteiger partial charge is 0.412 e. The van der Waals surface area contributed by atoms with E-state index in [1.807, 2.05) is 5.32 Å². The number of hydrogen-bond acceptors (Lipinski definition) is 4. The summed E-state index contributed by atoms with van der Waals surface area (Å²) in [6.07, 6.45) is -2.85. The normalized spacial score (nSPS) is 14.2. The molecule has 0 heterocycles. The van der Waals surface area contributed by atoms with E-state index < -0.39 is 62.5 Å². The number of amides is 1. The maximum absolute atomic E-state index is 14.5. The standard InChI is InChI=1S/C20H18ClF5N2O3S/c1-11(7-8-32(2,30)31)27-19(29)13-9-16(23)17(10-15(13)22)28-18(20(24,25)26)12-5-3-4-6-14(12)21/h3-11,18,28H,1-2H3,(H,27,29)/b8-7+/t11-,18?/m1/s1. The van der Waals surface area contributed by atoms with Crippen molar-refractivity contribution in [3.05, 3.63) is 75.7 Å². The highest BCUT2D eigenvalue weighted by molar-refractivity contribution is 7.93. The number of sulfone groups is 1. The third-order valence-electron chi connectivity index (χ3n) is 4.12. The van der Waals surface area contributed by atoms with E-state index in [-0.39, 0.29) is 5.02 Å². The zero-order chi connectivity index (χ0) is 24.3. The highest BCUT2D eigenvalue weighted by Crippen LogP contribution is 2.39. The summed E-state index contributed by atoms with van der Waals surface area (Å²) in [4.78, 5) is 12.2. The van der Waals surface area contributed by atoms with Crippen LogP contribution in [0.25, 0.3) is 0 Å². The molecule has 2 aromatic rings. The molecule has 0 aliphatic carbocycles. The van der Waals surface area contributed by atoms with Crippen molar-refractivity contribution in [1.29, 1.82) is 0 Å². The van der Waals surface area contributed by atoms with E-state index in [1.165, 1.54) is 25.1 Å². The van der Waals surface area contributed by atoms with E-state index in [9.17, 15) is 35.2 Å². The molecule has 2 N–H and O–H groups in total. The fourth-order valence-electron chi connectivity index (χ4n) is 2.63. The average molecular weight is 497 g/mol. The Labute approximate surface area is 186 Å². The van der Waals surface area contributed by atoms with Gasteiger partial charge >= 0.3 is 6.18 Å². The Kier molecular flexibility index (Phi) is 7.89. The van der Waals surface area contributed by atoms with Gasteiger partial charge in [-0.05, 0) is 19.1 Å². The summed E-state index contributed by atoms with van der Waals surface area (Å²) in [6.45, 7) is 1.39. The van der Waals surface area contributed by atoms with E-state index in [4.69, 9.17) is 11.6 Å². The highest BCUT2D eigenvalue weighted by atomic mass is 35.5. The number of halogens is 6. The molecular formula is C20H18ClF5N2O3S. The molecule has 0 saturated carbocycles. The van der Waals surface area contributed by atoms with Crippen molar-refractivity contribution in [2.24, 2.45) is 0 Å². The zero-order valence-corrected chi connectivity index (χ0v) is 18.2. The minimum atomic E-state index is -4.90. The van der Waals surface area contributed by atoms with Crippen LogP contribution in [0.15, 0.2) is 47.9 Å². The summed E-state index contributed by atoms with van der Waals surface area (Å²) in [5, 5.41) is 4.74. The van der Waals surface area contributed by atoms with E-state index in [0.29, 0.717) is 12.1 Å². The molecule has 0 fully saturated rings. The number of carbonyl (C=O) groups is 1. The molecule has 12 heteroatoms. The number of carbonyl (C=O) groups excluding carboxylic acids is 1. The van der Waals surface area contributed by atoms with Gasteiger partial charge in [0, 0.05) is 34.4 Å². The predicted octanol–water partition coefficient (Wildman–Crippen LogP) is 5.01. The molecule has 1 unspecified atom stereocenters. The third-order valence-corrected chi connectivity index (χ3v) is 5.11. The Morgan fingerprint density at radius 3 is 2.31 bits per heavy atom. The lowest BCUT2D eigenvalue weighted by Crippen LogP contribution is -2.32. The summed E-state index contributed by atoms with van der Waals surface area (Å²) in [5.41, 5.74) is -1.99. The first kappa shape index (κ1) is 25.6. The molecule has 0 bridgehead atoms. The Bertz CT molecular complexity index is 1140. The minimum Gasteiger partial charge on any atom is -0.368 e. The Morgan fingerprint density at radius 2 is 1.75 bits per heavy atom. The van der Waals surface area contributed by atoms with Gasteiger partial charge in [0.05, 0.1) is 11.3 Å². The number of benzene rings is 2. The van der Waals surface area contributed by atoms with Crippen LogP contribution in [0.5, 0.6) is 0 Å². The van der Waals surface area contributed by atoms with Crippen LogP contribution in [0.1, 0.15) is 28.9 Å². The monoisotopic (exact) mass is 496 g/mol.